The van der Waals surface area contributed by atoms with Crippen LogP contribution in [0.25, 0.3) is 0 Å². The van der Waals surface area contributed by atoms with Gasteiger partial charge in [-0.1, -0.05) is 12.1 Å². The molecule has 1 aromatic carbocycles. The van der Waals surface area contributed by atoms with Crippen molar-refractivity contribution in [3.8, 4) is 5.75 Å². The van der Waals surface area contributed by atoms with Gasteiger partial charge in [-0.25, -0.2) is 0 Å². The number of hydrogen-bond acceptors (Lipinski definition) is 4. The third kappa shape index (κ3) is 5.29. The molecule has 0 atom stereocenters. The average Bonchev–Trinajstić information content (AvgIpc) is 2.29. The number of methoxy groups -OCH3 is 1. The number of benzene rings is 1. The van der Waals surface area contributed by atoms with Crippen molar-refractivity contribution < 1.29 is 19.7 Å². The van der Waals surface area contributed by atoms with Gasteiger partial charge in [0.15, 0.2) is 0 Å². The molecule has 0 aliphatic heterocycles. The highest BCUT2D eigenvalue weighted by atomic mass is 16.5. The second-order valence-corrected chi connectivity index (χ2v) is 2.34. The van der Waals surface area contributed by atoms with Crippen LogP contribution in [-0.4, -0.2) is 36.8 Å². The van der Waals surface area contributed by atoms with E-state index >= 15 is 0 Å². The van der Waals surface area contributed by atoms with Crippen LogP contribution in [-0.2, 0) is 0 Å². The molecule has 0 bridgehead atoms. The van der Waals surface area contributed by atoms with E-state index in [1.807, 2.05) is 0 Å². The minimum Gasteiger partial charge on any atom is -0.497 e. The highest BCUT2D eigenvalue weighted by Gasteiger charge is 1.90. The van der Waals surface area contributed by atoms with Crippen LogP contribution in [0.5, 0.6) is 5.75 Å². The highest BCUT2D eigenvalue weighted by molar-refractivity contribution is 5.75. The number of carbonyl (C=O) groups is 1. The van der Waals surface area contributed by atoms with Crippen molar-refractivity contribution in [2.24, 2.45) is 0 Å². The first kappa shape index (κ1) is 12.6. The van der Waals surface area contributed by atoms with Gasteiger partial charge < -0.3 is 14.9 Å². The van der Waals surface area contributed by atoms with E-state index in [0.29, 0.717) is 11.3 Å². The molecule has 1 rings (SSSR count). The van der Waals surface area contributed by atoms with Crippen LogP contribution in [0, 0.1) is 0 Å². The Labute approximate surface area is 82.8 Å². The van der Waals surface area contributed by atoms with Crippen molar-refractivity contribution in [3.05, 3.63) is 29.8 Å². The summed E-state index contributed by atoms with van der Waals surface area (Å²) in [7, 11) is 1.57. The molecule has 0 saturated carbocycles. The lowest BCUT2D eigenvalue weighted by atomic mass is 10.2. The number of ether oxygens (including phenoxy) is 1. The summed E-state index contributed by atoms with van der Waals surface area (Å²) in [5.41, 5.74) is 0.638. The molecule has 0 aliphatic carbocycles. The van der Waals surface area contributed by atoms with Gasteiger partial charge in [-0.15, -0.1) is 0 Å². The Morgan fingerprint density at radius 3 is 2.43 bits per heavy atom. The van der Waals surface area contributed by atoms with Gasteiger partial charge in [0.05, 0.1) is 20.3 Å². The molecule has 2 N–H and O–H groups in total. The third-order valence-corrected chi connectivity index (χ3v) is 1.33. The van der Waals surface area contributed by atoms with E-state index < -0.39 is 0 Å². The molecular formula is C10H14O4. The van der Waals surface area contributed by atoms with Crippen molar-refractivity contribution in [1.82, 2.24) is 0 Å². The zero-order chi connectivity index (χ0) is 10.8. The minimum atomic E-state index is -0.125. The van der Waals surface area contributed by atoms with Crippen LogP contribution in [0.2, 0.25) is 0 Å². The summed E-state index contributed by atoms with van der Waals surface area (Å²) in [6.07, 6.45) is 0.794. The second kappa shape index (κ2) is 8.22. The van der Waals surface area contributed by atoms with Gasteiger partial charge in [0, 0.05) is 5.56 Å². The molecule has 4 heteroatoms. The number of aliphatic hydroxyl groups is 2. The number of aliphatic hydroxyl groups excluding tert-OH is 2. The summed E-state index contributed by atoms with van der Waals surface area (Å²) in [6, 6.07) is 7.00. The Morgan fingerprint density at radius 1 is 1.36 bits per heavy atom. The van der Waals surface area contributed by atoms with Crippen LogP contribution in [0.15, 0.2) is 24.3 Å². The molecule has 0 spiro atoms. The first-order chi connectivity index (χ1) is 6.78. The van der Waals surface area contributed by atoms with Crippen LogP contribution < -0.4 is 4.74 Å². The molecule has 1 aromatic rings. The quantitative estimate of drug-likeness (QED) is 0.693. The Morgan fingerprint density at radius 2 is 2.00 bits per heavy atom. The summed E-state index contributed by atoms with van der Waals surface area (Å²) in [5, 5.41) is 15.2. The Hall–Kier alpha value is -1.39. The van der Waals surface area contributed by atoms with E-state index in [0.717, 1.165) is 6.29 Å². The van der Waals surface area contributed by atoms with Crippen molar-refractivity contribution in [2.75, 3.05) is 20.3 Å². The third-order valence-electron chi connectivity index (χ3n) is 1.33. The molecule has 0 radical (unpaired) electrons. The standard InChI is InChI=1S/C8H8O2.C2H6O2/c1-10-8-4-2-3-7(5-8)6-9;3-1-2-4/h2-6H,1H3;3-4H,1-2H2. The van der Waals surface area contributed by atoms with Crippen molar-refractivity contribution in [2.45, 2.75) is 0 Å². The monoisotopic (exact) mass is 198 g/mol. The van der Waals surface area contributed by atoms with Gasteiger partial charge in [-0.05, 0) is 12.1 Å². The average molecular weight is 198 g/mol. The summed E-state index contributed by atoms with van der Waals surface area (Å²) in [5.74, 6) is 0.713. The molecule has 0 unspecified atom stereocenters. The number of aldehydes is 1. The maximum atomic E-state index is 10.2. The van der Waals surface area contributed by atoms with Gasteiger partial charge in [0.25, 0.3) is 0 Å². The first-order valence-corrected chi connectivity index (χ1v) is 4.09. The van der Waals surface area contributed by atoms with Gasteiger partial charge in [0.1, 0.15) is 12.0 Å². The van der Waals surface area contributed by atoms with E-state index in [1.165, 1.54) is 0 Å². The molecule has 0 aliphatic rings. The van der Waals surface area contributed by atoms with Crippen LogP contribution >= 0.6 is 0 Å². The normalized spacial score (nSPS) is 8.50. The fourth-order valence-electron chi connectivity index (χ4n) is 0.715. The molecule has 78 valence electrons. The van der Waals surface area contributed by atoms with Crippen molar-refractivity contribution >= 4 is 6.29 Å². The predicted molar refractivity (Wildman–Crippen MR) is 52.6 cm³/mol. The van der Waals surface area contributed by atoms with Crippen molar-refractivity contribution in [3.63, 3.8) is 0 Å². The van der Waals surface area contributed by atoms with E-state index in [2.05, 4.69) is 0 Å². The van der Waals surface area contributed by atoms with Crippen LogP contribution in [0.3, 0.4) is 0 Å². The zero-order valence-corrected chi connectivity index (χ0v) is 8.01. The van der Waals surface area contributed by atoms with Gasteiger partial charge in [-0.2, -0.15) is 0 Å². The summed E-state index contributed by atoms with van der Waals surface area (Å²) >= 11 is 0. The smallest absolute Gasteiger partial charge is 0.150 e. The van der Waals surface area contributed by atoms with E-state index in [1.54, 1.807) is 31.4 Å². The van der Waals surface area contributed by atoms with E-state index in [4.69, 9.17) is 14.9 Å². The molecule has 0 fully saturated rings. The summed E-state index contributed by atoms with van der Waals surface area (Å²) in [4.78, 5) is 10.2. The number of hydrogen-bond donors (Lipinski definition) is 2. The van der Waals surface area contributed by atoms with Gasteiger partial charge in [-0.3, -0.25) is 4.79 Å². The largest absolute Gasteiger partial charge is 0.497 e. The first-order valence-electron chi connectivity index (χ1n) is 4.09. The lowest BCUT2D eigenvalue weighted by molar-refractivity contribution is 0.112. The van der Waals surface area contributed by atoms with Crippen LogP contribution in [0.4, 0.5) is 0 Å². The molecule has 14 heavy (non-hydrogen) atoms. The van der Waals surface area contributed by atoms with Gasteiger partial charge >= 0.3 is 0 Å². The molecule has 0 amide bonds. The second-order valence-electron chi connectivity index (χ2n) is 2.34. The zero-order valence-electron chi connectivity index (χ0n) is 8.01. The van der Waals surface area contributed by atoms with Crippen LogP contribution in [0.1, 0.15) is 10.4 Å². The Bertz CT molecular complexity index is 258. The Kier molecular flexibility index (Phi) is 7.40. The molecule has 0 aromatic heterocycles. The molecular weight excluding hydrogens is 184 g/mol. The fourth-order valence-corrected chi connectivity index (χ4v) is 0.715. The molecule has 0 saturated heterocycles. The number of carbonyl (C=O) groups excluding carboxylic acids is 1. The highest BCUT2D eigenvalue weighted by Crippen LogP contribution is 2.10. The maximum Gasteiger partial charge on any atom is 0.150 e. The van der Waals surface area contributed by atoms with Crippen molar-refractivity contribution in [1.29, 1.82) is 0 Å². The van der Waals surface area contributed by atoms with E-state index in [-0.39, 0.29) is 13.2 Å². The molecule has 4 nitrogen and oxygen atoms in total. The molecule has 0 heterocycles. The SMILES string of the molecule is COc1cccc(C=O)c1.OCCO. The lowest BCUT2D eigenvalue weighted by Crippen LogP contribution is -1.85. The van der Waals surface area contributed by atoms with E-state index in [9.17, 15) is 4.79 Å². The fraction of sp³-hybridized carbons (Fsp3) is 0.300. The Balaban J connectivity index is 0.000000364. The summed E-state index contributed by atoms with van der Waals surface area (Å²) in [6.45, 7) is -0.250. The predicted octanol–water partition coefficient (Wildman–Crippen LogP) is 0.479. The minimum absolute atomic E-state index is 0.125. The van der Waals surface area contributed by atoms with Gasteiger partial charge in [0.2, 0.25) is 0 Å². The number of rotatable bonds is 3. The maximum absolute atomic E-state index is 10.2. The topological polar surface area (TPSA) is 66.8 Å². The summed E-state index contributed by atoms with van der Waals surface area (Å²) < 4.78 is 4.90. The lowest BCUT2D eigenvalue weighted by Gasteiger charge is -1.97.